The molecule has 0 fully saturated rings. The van der Waals surface area contributed by atoms with Crippen molar-refractivity contribution in [1.29, 1.82) is 0 Å². The van der Waals surface area contributed by atoms with Crippen LogP contribution in [0.15, 0.2) is 71.6 Å². The number of halogens is 2. The Labute approximate surface area is 257 Å². The predicted molar refractivity (Wildman–Crippen MR) is 165 cm³/mol. The molecule has 0 unspecified atom stereocenters. The Bertz CT molecular complexity index is 1500. The van der Waals surface area contributed by atoms with E-state index in [-0.39, 0.29) is 39.7 Å². The van der Waals surface area contributed by atoms with Crippen molar-refractivity contribution in [3.63, 3.8) is 0 Å². The average molecular weight is 637 g/mol. The van der Waals surface area contributed by atoms with Crippen LogP contribution in [-0.4, -0.2) is 58.5 Å². The van der Waals surface area contributed by atoms with Crippen LogP contribution in [0.25, 0.3) is 0 Å². The molecule has 2 amide bonds. The third kappa shape index (κ3) is 8.08. The number of rotatable bonds is 13. The van der Waals surface area contributed by atoms with E-state index in [4.69, 9.17) is 32.7 Å². The molecule has 9 nitrogen and oxygen atoms in total. The molecule has 0 bridgehead atoms. The summed E-state index contributed by atoms with van der Waals surface area (Å²) in [4.78, 5) is 28.5. The van der Waals surface area contributed by atoms with Gasteiger partial charge in [-0.05, 0) is 54.8 Å². The monoisotopic (exact) mass is 635 g/mol. The second-order valence-corrected chi connectivity index (χ2v) is 12.6. The number of amides is 2. The molecule has 42 heavy (non-hydrogen) atoms. The van der Waals surface area contributed by atoms with Crippen LogP contribution in [0.4, 0.5) is 5.69 Å². The number of sulfonamides is 1. The van der Waals surface area contributed by atoms with Crippen LogP contribution in [0.3, 0.4) is 0 Å². The van der Waals surface area contributed by atoms with E-state index in [1.54, 1.807) is 55.5 Å². The van der Waals surface area contributed by atoms with Gasteiger partial charge in [-0.15, -0.1) is 0 Å². The highest BCUT2D eigenvalue weighted by Crippen LogP contribution is 2.36. The Hall–Kier alpha value is -3.47. The minimum Gasteiger partial charge on any atom is -0.497 e. The van der Waals surface area contributed by atoms with Crippen molar-refractivity contribution in [1.82, 2.24) is 10.2 Å². The summed E-state index contributed by atoms with van der Waals surface area (Å²) in [5.74, 6) is -0.249. The molecular formula is C30H35Cl2N3O6S. The first kappa shape index (κ1) is 33.0. The molecular weight excluding hydrogens is 601 g/mol. The predicted octanol–water partition coefficient (Wildman–Crippen LogP) is 5.40. The Morgan fingerprint density at radius 2 is 1.60 bits per heavy atom. The SMILES string of the molecule is COc1ccc(OC)c(N(CC(=O)N(Cc2ccc(Cl)c(Cl)c2)[C@H](C)C(=O)NCC(C)C)S(=O)(=O)c2ccccc2)c1. The van der Waals surface area contributed by atoms with Gasteiger partial charge in [0.2, 0.25) is 11.8 Å². The molecule has 0 aromatic heterocycles. The molecule has 3 aromatic rings. The molecule has 0 radical (unpaired) electrons. The first-order valence-electron chi connectivity index (χ1n) is 13.2. The minimum atomic E-state index is -4.28. The van der Waals surface area contributed by atoms with Crippen LogP contribution >= 0.6 is 23.2 Å². The van der Waals surface area contributed by atoms with Crippen LogP contribution in [0, 0.1) is 5.92 Å². The largest absolute Gasteiger partial charge is 0.497 e. The molecule has 3 rings (SSSR count). The number of carbonyl (C=O) groups is 2. The van der Waals surface area contributed by atoms with Crippen molar-refractivity contribution in [3.8, 4) is 11.5 Å². The van der Waals surface area contributed by atoms with E-state index in [1.807, 2.05) is 13.8 Å². The number of carbonyl (C=O) groups excluding carboxylic acids is 2. The maximum Gasteiger partial charge on any atom is 0.264 e. The molecule has 1 atom stereocenters. The molecule has 1 N–H and O–H groups in total. The van der Waals surface area contributed by atoms with Crippen LogP contribution in [0.5, 0.6) is 11.5 Å². The molecule has 12 heteroatoms. The van der Waals surface area contributed by atoms with E-state index in [2.05, 4.69) is 5.32 Å². The zero-order chi connectivity index (χ0) is 31.0. The highest BCUT2D eigenvalue weighted by atomic mass is 35.5. The standard InChI is InChI=1S/C30H35Cl2N3O6S/c1-20(2)17-33-30(37)21(3)34(18-22-11-13-25(31)26(32)15-22)29(36)19-35(42(38,39)24-9-7-6-8-10-24)27-16-23(40-4)12-14-28(27)41-5/h6-16,20-21H,17-19H2,1-5H3,(H,33,37)/t21-/m1/s1. The van der Waals surface area contributed by atoms with Gasteiger partial charge in [0.05, 0.1) is 34.8 Å². The molecule has 0 aliphatic carbocycles. The molecule has 0 aliphatic heterocycles. The number of nitrogens with one attached hydrogen (secondary N) is 1. The van der Waals surface area contributed by atoms with Crippen molar-refractivity contribution in [2.24, 2.45) is 5.92 Å². The van der Waals surface area contributed by atoms with Gasteiger partial charge in [-0.1, -0.05) is 61.3 Å². The van der Waals surface area contributed by atoms with Crippen molar-refractivity contribution < 1.29 is 27.5 Å². The van der Waals surface area contributed by atoms with Crippen LogP contribution < -0.4 is 19.1 Å². The van der Waals surface area contributed by atoms with E-state index >= 15 is 0 Å². The second kappa shape index (κ2) is 14.6. The second-order valence-electron chi connectivity index (χ2n) is 9.95. The Morgan fingerprint density at radius 1 is 0.905 bits per heavy atom. The molecule has 0 heterocycles. The first-order valence-corrected chi connectivity index (χ1v) is 15.4. The van der Waals surface area contributed by atoms with E-state index in [1.165, 1.54) is 37.3 Å². The lowest BCUT2D eigenvalue weighted by atomic mass is 10.1. The molecule has 0 saturated carbocycles. The Kier molecular flexibility index (Phi) is 11.5. The quantitative estimate of drug-likeness (QED) is 0.270. The lowest BCUT2D eigenvalue weighted by Gasteiger charge is -2.32. The number of ether oxygens (including phenoxy) is 2. The van der Waals surface area contributed by atoms with Gasteiger partial charge < -0.3 is 19.7 Å². The number of nitrogens with zero attached hydrogens (tertiary/aromatic N) is 2. The molecule has 0 aliphatic rings. The van der Waals surface area contributed by atoms with Gasteiger partial charge in [0.25, 0.3) is 10.0 Å². The Balaban J connectivity index is 2.10. The highest BCUT2D eigenvalue weighted by molar-refractivity contribution is 7.92. The average Bonchev–Trinajstić information content (AvgIpc) is 2.98. The highest BCUT2D eigenvalue weighted by Gasteiger charge is 2.34. The fraction of sp³-hybridized carbons (Fsp3) is 0.333. The number of methoxy groups -OCH3 is 2. The number of benzene rings is 3. The minimum absolute atomic E-state index is 0.0265. The van der Waals surface area contributed by atoms with Crippen molar-refractivity contribution in [2.45, 2.75) is 38.3 Å². The van der Waals surface area contributed by atoms with Crippen molar-refractivity contribution in [3.05, 3.63) is 82.3 Å². The maximum atomic E-state index is 14.1. The maximum absolute atomic E-state index is 14.1. The summed E-state index contributed by atoms with van der Waals surface area (Å²) >= 11 is 12.3. The summed E-state index contributed by atoms with van der Waals surface area (Å²) in [5, 5.41) is 3.47. The van der Waals surface area contributed by atoms with Crippen molar-refractivity contribution in [2.75, 3.05) is 31.6 Å². The van der Waals surface area contributed by atoms with Gasteiger partial charge in [0.1, 0.15) is 24.1 Å². The summed E-state index contributed by atoms with van der Waals surface area (Å²) in [5.41, 5.74) is 0.707. The summed E-state index contributed by atoms with van der Waals surface area (Å²) in [6.45, 7) is 5.25. The van der Waals surface area contributed by atoms with Crippen LogP contribution in [-0.2, 0) is 26.2 Å². The third-order valence-electron chi connectivity index (χ3n) is 6.45. The first-order chi connectivity index (χ1) is 19.9. The van der Waals surface area contributed by atoms with E-state index in [0.29, 0.717) is 22.9 Å². The fourth-order valence-corrected chi connectivity index (χ4v) is 5.85. The fourth-order valence-electron chi connectivity index (χ4n) is 4.09. The van der Waals surface area contributed by atoms with Gasteiger partial charge in [-0.25, -0.2) is 8.42 Å². The third-order valence-corrected chi connectivity index (χ3v) is 8.97. The Morgan fingerprint density at radius 3 is 2.19 bits per heavy atom. The lowest BCUT2D eigenvalue weighted by Crippen LogP contribution is -2.51. The number of hydrogen-bond acceptors (Lipinski definition) is 6. The van der Waals surface area contributed by atoms with Gasteiger partial charge in [-0.2, -0.15) is 0 Å². The van der Waals surface area contributed by atoms with Gasteiger partial charge >= 0.3 is 0 Å². The van der Waals surface area contributed by atoms with E-state index < -0.39 is 28.5 Å². The summed E-state index contributed by atoms with van der Waals surface area (Å²) in [7, 11) is -1.43. The molecule has 0 saturated heterocycles. The van der Waals surface area contributed by atoms with Crippen molar-refractivity contribution >= 4 is 50.7 Å². The van der Waals surface area contributed by atoms with Gasteiger partial charge in [-0.3, -0.25) is 13.9 Å². The normalized spacial score (nSPS) is 12.0. The lowest BCUT2D eigenvalue weighted by molar-refractivity contribution is -0.139. The van der Waals surface area contributed by atoms with E-state index in [9.17, 15) is 18.0 Å². The zero-order valence-corrected chi connectivity index (χ0v) is 26.5. The van der Waals surface area contributed by atoms with Gasteiger partial charge in [0.15, 0.2) is 0 Å². The number of anilines is 1. The number of hydrogen-bond donors (Lipinski definition) is 1. The zero-order valence-electron chi connectivity index (χ0n) is 24.1. The van der Waals surface area contributed by atoms with Gasteiger partial charge in [0, 0.05) is 19.2 Å². The van der Waals surface area contributed by atoms with Crippen LogP contribution in [0.1, 0.15) is 26.3 Å². The molecule has 226 valence electrons. The molecule has 3 aromatic carbocycles. The topological polar surface area (TPSA) is 105 Å². The summed E-state index contributed by atoms with van der Waals surface area (Å²) in [6, 6.07) is 16.4. The summed E-state index contributed by atoms with van der Waals surface area (Å²) in [6.07, 6.45) is 0. The molecule has 0 spiro atoms. The summed E-state index contributed by atoms with van der Waals surface area (Å²) < 4.78 is 39.8. The van der Waals surface area contributed by atoms with E-state index in [0.717, 1.165) is 4.31 Å². The smallest absolute Gasteiger partial charge is 0.264 e. The van der Waals surface area contributed by atoms with Crippen LogP contribution in [0.2, 0.25) is 10.0 Å².